The van der Waals surface area contributed by atoms with Crippen molar-refractivity contribution >= 4 is 16.6 Å². The first-order chi connectivity index (χ1) is 14.8. The van der Waals surface area contributed by atoms with Crippen molar-refractivity contribution in [3.8, 4) is 5.75 Å². The van der Waals surface area contributed by atoms with Gasteiger partial charge in [0, 0.05) is 26.2 Å². The van der Waals surface area contributed by atoms with Crippen molar-refractivity contribution in [1.82, 2.24) is 9.24 Å². The summed E-state index contributed by atoms with van der Waals surface area (Å²) in [5.74, 6) is 5.96. The van der Waals surface area contributed by atoms with Crippen LogP contribution in [0.1, 0.15) is 38.6 Å². The van der Waals surface area contributed by atoms with Crippen molar-refractivity contribution < 1.29 is 13.9 Å². The minimum Gasteiger partial charge on any atom is -0.492 e. The SMILES string of the molecule is COc1c(N2C[C@H](CC[C@@H](N)OC)[C@H](C)C2)c(F)cc2c(=O)n(N)c(=O)n(C3CC3)c12. The average Bonchev–Trinajstić information content (AvgIpc) is 3.52. The molecule has 1 aliphatic carbocycles. The highest BCUT2D eigenvalue weighted by Gasteiger charge is 2.36. The van der Waals surface area contributed by atoms with Gasteiger partial charge in [-0.2, -0.15) is 4.68 Å². The topological polar surface area (TPSA) is 118 Å². The number of fused-ring (bicyclic) bond motifs is 1. The number of halogens is 1. The van der Waals surface area contributed by atoms with Crippen molar-refractivity contribution in [2.75, 3.05) is 38.1 Å². The fraction of sp³-hybridized carbons (Fsp3) is 0.619. The summed E-state index contributed by atoms with van der Waals surface area (Å²) >= 11 is 0. The Labute approximate surface area is 179 Å². The number of nitrogens with zero attached hydrogens (tertiary/aromatic N) is 3. The maximum Gasteiger partial charge on any atom is 0.350 e. The number of nitrogen functional groups attached to an aromatic ring is 1. The lowest BCUT2D eigenvalue weighted by Crippen LogP contribution is -2.44. The zero-order chi connectivity index (χ0) is 22.4. The standard InChI is InChI=1S/C21H30FN5O4/c1-11-9-25(10-12(11)4-7-16(23)30-2)18-15(22)8-14-17(19(18)31-3)26(13-5-6-13)21(29)27(24)20(14)28/h8,11-13,16H,4-7,9-10,23-24H2,1-3H3/t11-,12+,16+/m1/s1. The van der Waals surface area contributed by atoms with Crippen molar-refractivity contribution in [3.63, 3.8) is 0 Å². The molecule has 1 aromatic heterocycles. The van der Waals surface area contributed by atoms with Crippen LogP contribution in [0.5, 0.6) is 5.75 Å². The molecule has 1 saturated carbocycles. The van der Waals surface area contributed by atoms with Crippen molar-refractivity contribution in [2.24, 2.45) is 17.6 Å². The third-order valence-electron chi connectivity index (χ3n) is 6.61. The van der Waals surface area contributed by atoms with Gasteiger partial charge < -0.3 is 25.9 Å². The molecule has 2 aromatic rings. The van der Waals surface area contributed by atoms with Crippen LogP contribution < -0.4 is 32.5 Å². The fourth-order valence-corrected chi connectivity index (χ4v) is 4.69. The Hall–Kier alpha value is -2.59. The van der Waals surface area contributed by atoms with Gasteiger partial charge in [-0.3, -0.25) is 9.36 Å². The predicted molar refractivity (Wildman–Crippen MR) is 116 cm³/mol. The van der Waals surface area contributed by atoms with Gasteiger partial charge in [0.15, 0.2) is 11.6 Å². The van der Waals surface area contributed by atoms with E-state index in [1.54, 1.807) is 7.11 Å². The van der Waals surface area contributed by atoms with Crippen LogP contribution >= 0.6 is 0 Å². The minimum absolute atomic E-state index is 0.0435. The molecule has 31 heavy (non-hydrogen) atoms. The molecule has 2 heterocycles. The number of rotatable bonds is 7. The Morgan fingerprint density at radius 2 is 1.97 bits per heavy atom. The molecule has 9 nitrogen and oxygen atoms in total. The largest absolute Gasteiger partial charge is 0.492 e. The molecule has 10 heteroatoms. The molecule has 0 radical (unpaired) electrons. The van der Waals surface area contributed by atoms with Crippen LogP contribution in [0.15, 0.2) is 15.7 Å². The van der Waals surface area contributed by atoms with Crippen LogP contribution in [0.25, 0.3) is 10.9 Å². The van der Waals surface area contributed by atoms with Crippen LogP contribution in [-0.2, 0) is 4.74 Å². The Balaban J connectivity index is 1.82. The molecule has 0 unspecified atom stereocenters. The number of anilines is 1. The smallest absolute Gasteiger partial charge is 0.350 e. The zero-order valence-corrected chi connectivity index (χ0v) is 18.1. The summed E-state index contributed by atoms with van der Waals surface area (Å²) in [5, 5.41) is 0.0435. The highest BCUT2D eigenvalue weighted by molar-refractivity contribution is 5.91. The second-order valence-electron chi connectivity index (χ2n) is 8.69. The zero-order valence-electron chi connectivity index (χ0n) is 18.1. The third kappa shape index (κ3) is 3.67. The molecule has 3 atom stereocenters. The van der Waals surface area contributed by atoms with E-state index in [-0.39, 0.29) is 29.1 Å². The monoisotopic (exact) mass is 435 g/mol. The molecule has 1 aliphatic heterocycles. The number of hydrogen-bond donors (Lipinski definition) is 2. The molecule has 170 valence electrons. The van der Waals surface area contributed by atoms with E-state index in [1.807, 2.05) is 4.90 Å². The third-order valence-corrected chi connectivity index (χ3v) is 6.61. The number of aromatic nitrogens is 2. The lowest BCUT2D eigenvalue weighted by Gasteiger charge is -2.24. The van der Waals surface area contributed by atoms with Gasteiger partial charge in [0.05, 0.1) is 12.5 Å². The molecular weight excluding hydrogens is 405 g/mol. The molecule has 2 aliphatic rings. The Morgan fingerprint density at radius 3 is 2.58 bits per heavy atom. The number of ether oxygens (including phenoxy) is 2. The van der Waals surface area contributed by atoms with Gasteiger partial charge >= 0.3 is 5.69 Å². The van der Waals surface area contributed by atoms with Gasteiger partial charge in [-0.15, -0.1) is 0 Å². The van der Waals surface area contributed by atoms with E-state index in [0.717, 1.165) is 19.3 Å². The lowest BCUT2D eigenvalue weighted by atomic mass is 9.93. The van der Waals surface area contributed by atoms with Gasteiger partial charge in [-0.05, 0) is 43.6 Å². The average molecular weight is 436 g/mol. The van der Waals surface area contributed by atoms with Crippen molar-refractivity contribution in [1.29, 1.82) is 0 Å². The minimum atomic E-state index is -0.734. The molecule has 1 saturated heterocycles. The number of benzene rings is 1. The van der Waals surface area contributed by atoms with E-state index < -0.39 is 17.1 Å². The molecule has 0 spiro atoms. The first-order valence-corrected chi connectivity index (χ1v) is 10.6. The highest BCUT2D eigenvalue weighted by atomic mass is 19.1. The Bertz CT molecular complexity index is 1110. The maximum absolute atomic E-state index is 15.4. The van der Waals surface area contributed by atoms with Crippen LogP contribution in [0.3, 0.4) is 0 Å². The van der Waals surface area contributed by atoms with Gasteiger partial charge in [0.25, 0.3) is 5.56 Å². The lowest BCUT2D eigenvalue weighted by molar-refractivity contribution is 0.0936. The van der Waals surface area contributed by atoms with Gasteiger partial charge in [0.2, 0.25) is 0 Å². The van der Waals surface area contributed by atoms with Crippen LogP contribution in [0.2, 0.25) is 0 Å². The van der Waals surface area contributed by atoms with E-state index in [1.165, 1.54) is 17.7 Å². The van der Waals surface area contributed by atoms with Gasteiger partial charge in [0.1, 0.15) is 17.4 Å². The van der Waals surface area contributed by atoms with E-state index in [4.69, 9.17) is 21.1 Å². The van der Waals surface area contributed by atoms with Gasteiger partial charge in [-0.1, -0.05) is 6.92 Å². The predicted octanol–water partition coefficient (Wildman–Crippen LogP) is 1.14. The van der Waals surface area contributed by atoms with E-state index >= 15 is 4.39 Å². The second kappa shape index (κ2) is 8.16. The molecule has 2 fully saturated rings. The van der Waals surface area contributed by atoms with Crippen molar-refractivity contribution in [3.05, 3.63) is 32.7 Å². The van der Waals surface area contributed by atoms with E-state index in [0.29, 0.717) is 41.5 Å². The summed E-state index contributed by atoms with van der Waals surface area (Å²) in [7, 11) is 3.01. The van der Waals surface area contributed by atoms with Crippen LogP contribution in [-0.4, -0.2) is 42.8 Å². The fourth-order valence-electron chi connectivity index (χ4n) is 4.69. The molecular formula is C21H30FN5O4. The molecule has 1 aromatic carbocycles. The van der Waals surface area contributed by atoms with Crippen LogP contribution in [0.4, 0.5) is 10.1 Å². The Morgan fingerprint density at radius 1 is 1.26 bits per heavy atom. The molecule has 0 amide bonds. The normalized spacial score (nSPS) is 22.3. The summed E-state index contributed by atoms with van der Waals surface area (Å²) in [6.45, 7) is 3.38. The first-order valence-electron chi connectivity index (χ1n) is 10.6. The quantitative estimate of drug-likeness (QED) is 0.495. The molecule has 0 bridgehead atoms. The van der Waals surface area contributed by atoms with E-state index in [9.17, 15) is 9.59 Å². The second-order valence-corrected chi connectivity index (χ2v) is 8.69. The van der Waals surface area contributed by atoms with Gasteiger partial charge in [-0.25, -0.2) is 9.18 Å². The summed E-state index contributed by atoms with van der Waals surface area (Å²) in [5.41, 5.74) is 5.12. The summed E-state index contributed by atoms with van der Waals surface area (Å²) < 4.78 is 28.2. The highest BCUT2D eigenvalue weighted by Crippen LogP contribution is 2.44. The molecule has 4 rings (SSSR count). The summed E-state index contributed by atoms with van der Waals surface area (Å²) in [4.78, 5) is 27.4. The number of methoxy groups -OCH3 is 2. The first kappa shape index (κ1) is 21.6. The Kier molecular flexibility index (Phi) is 5.69. The number of nitrogens with two attached hydrogens (primary N) is 2. The number of hydrogen-bond acceptors (Lipinski definition) is 7. The maximum atomic E-state index is 15.4. The van der Waals surface area contributed by atoms with E-state index in [2.05, 4.69) is 6.92 Å². The molecule has 4 N–H and O–H groups in total. The van der Waals surface area contributed by atoms with Crippen molar-refractivity contribution in [2.45, 2.75) is 44.9 Å². The van der Waals surface area contributed by atoms with Crippen LogP contribution in [0, 0.1) is 17.7 Å². The summed E-state index contributed by atoms with van der Waals surface area (Å²) in [6.07, 6.45) is 2.85. The summed E-state index contributed by atoms with van der Waals surface area (Å²) in [6, 6.07) is 1.11.